The molecular formula is C18H19F3O. The summed E-state index contributed by atoms with van der Waals surface area (Å²) in [4.78, 5) is 0. The molecule has 2 aromatic carbocycles. The summed E-state index contributed by atoms with van der Waals surface area (Å²) in [7, 11) is 0. The molecule has 0 amide bonds. The molecule has 0 saturated carbocycles. The molecule has 0 aliphatic heterocycles. The Morgan fingerprint density at radius 3 is 1.82 bits per heavy atom. The zero-order valence-corrected chi connectivity index (χ0v) is 12.5. The molecule has 0 saturated heterocycles. The number of hydrogen-bond donors (Lipinski definition) is 0. The molecule has 0 N–H and O–H groups in total. The van der Waals surface area contributed by atoms with E-state index in [4.69, 9.17) is 0 Å². The van der Waals surface area contributed by atoms with Crippen LogP contribution in [0.3, 0.4) is 0 Å². The second-order valence-corrected chi connectivity index (χ2v) is 5.21. The standard InChI is InChI=1S/C18H19F3O/c1-2-3-13-4-6-14(7-5-13)8-9-15-10-16(20)18(22-12-19)17(21)11-15/h4-7,10-11H,2-3,8-9,12H2,1H3. The normalized spacial score (nSPS) is 10.7. The SMILES string of the molecule is CCCc1ccc(CCc2cc(F)c(OCF)c(F)c2)cc1. The van der Waals surface area contributed by atoms with Gasteiger partial charge in [0.2, 0.25) is 6.86 Å². The van der Waals surface area contributed by atoms with Crippen LogP contribution in [-0.4, -0.2) is 6.86 Å². The van der Waals surface area contributed by atoms with Crippen molar-refractivity contribution in [2.24, 2.45) is 0 Å². The van der Waals surface area contributed by atoms with Crippen molar-refractivity contribution in [3.63, 3.8) is 0 Å². The molecule has 0 bridgehead atoms. The van der Waals surface area contributed by atoms with Gasteiger partial charge in [-0.2, -0.15) is 0 Å². The molecule has 4 heteroatoms. The molecule has 2 rings (SSSR count). The number of ether oxygens (including phenoxy) is 1. The Morgan fingerprint density at radius 1 is 0.818 bits per heavy atom. The summed E-state index contributed by atoms with van der Waals surface area (Å²) >= 11 is 0. The Morgan fingerprint density at radius 2 is 1.32 bits per heavy atom. The fourth-order valence-corrected chi connectivity index (χ4v) is 2.40. The van der Waals surface area contributed by atoms with Crippen LogP contribution in [0.4, 0.5) is 13.2 Å². The molecule has 0 radical (unpaired) electrons. The van der Waals surface area contributed by atoms with Crippen LogP contribution in [0, 0.1) is 11.6 Å². The summed E-state index contributed by atoms with van der Waals surface area (Å²) in [5, 5.41) is 0. The predicted octanol–water partition coefficient (Wildman–Crippen LogP) is 5.01. The molecule has 0 spiro atoms. The summed E-state index contributed by atoms with van der Waals surface area (Å²) in [6.07, 6.45) is 3.35. The van der Waals surface area contributed by atoms with Gasteiger partial charge in [-0.05, 0) is 48.1 Å². The van der Waals surface area contributed by atoms with E-state index in [9.17, 15) is 13.2 Å². The summed E-state index contributed by atoms with van der Waals surface area (Å²) in [5.74, 6) is -2.40. The van der Waals surface area contributed by atoms with E-state index in [1.807, 2.05) is 12.1 Å². The second-order valence-electron chi connectivity index (χ2n) is 5.21. The van der Waals surface area contributed by atoms with Crippen molar-refractivity contribution in [2.75, 3.05) is 6.86 Å². The molecule has 118 valence electrons. The molecule has 1 nitrogen and oxygen atoms in total. The van der Waals surface area contributed by atoms with E-state index in [-0.39, 0.29) is 0 Å². The first-order valence-corrected chi connectivity index (χ1v) is 7.38. The molecule has 0 heterocycles. The van der Waals surface area contributed by atoms with Gasteiger partial charge in [0.1, 0.15) is 0 Å². The van der Waals surface area contributed by atoms with Crippen LogP contribution in [0.15, 0.2) is 36.4 Å². The van der Waals surface area contributed by atoms with Crippen molar-refractivity contribution in [1.82, 2.24) is 0 Å². The van der Waals surface area contributed by atoms with E-state index in [1.54, 1.807) is 0 Å². The molecule has 0 atom stereocenters. The van der Waals surface area contributed by atoms with Gasteiger partial charge in [0.05, 0.1) is 0 Å². The monoisotopic (exact) mass is 308 g/mol. The highest BCUT2D eigenvalue weighted by Crippen LogP contribution is 2.24. The van der Waals surface area contributed by atoms with Gasteiger partial charge < -0.3 is 4.74 Å². The molecule has 22 heavy (non-hydrogen) atoms. The highest BCUT2D eigenvalue weighted by molar-refractivity contribution is 5.32. The van der Waals surface area contributed by atoms with Crippen LogP contribution in [0.25, 0.3) is 0 Å². The Hall–Kier alpha value is -1.97. The van der Waals surface area contributed by atoms with E-state index in [2.05, 4.69) is 23.8 Å². The van der Waals surface area contributed by atoms with Crippen LogP contribution >= 0.6 is 0 Å². The Labute approximate surface area is 128 Å². The van der Waals surface area contributed by atoms with Gasteiger partial charge in [0, 0.05) is 0 Å². The summed E-state index contributed by atoms with van der Waals surface area (Å²) < 4.78 is 43.6. The molecule has 0 aliphatic carbocycles. The number of alkyl halides is 1. The summed E-state index contributed by atoms with van der Waals surface area (Å²) in [6.45, 7) is 0.880. The topological polar surface area (TPSA) is 9.23 Å². The maximum Gasteiger partial charge on any atom is 0.228 e. The number of halogens is 3. The van der Waals surface area contributed by atoms with Gasteiger partial charge in [-0.3, -0.25) is 0 Å². The molecule has 0 aromatic heterocycles. The van der Waals surface area contributed by atoms with Crippen LogP contribution in [-0.2, 0) is 19.3 Å². The minimum absolute atomic E-state index is 0.511. The fraction of sp³-hybridized carbons (Fsp3) is 0.333. The van der Waals surface area contributed by atoms with Gasteiger partial charge in [-0.15, -0.1) is 0 Å². The average molecular weight is 308 g/mol. The largest absolute Gasteiger partial charge is 0.457 e. The molecule has 0 fully saturated rings. The van der Waals surface area contributed by atoms with E-state index in [0.717, 1.165) is 18.4 Å². The maximum absolute atomic E-state index is 13.6. The van der Waals surface area contributed by atoms with Crippen molar-refractivity contribution >= 4 is 0 Å². The zero-order chi connectivity index (χ0) is 15.9. The lowest BCUT2D eigenvalue weighted by Crippen LogP contribution is -2.00. The molecule has 0 aliphatic rings. The minimum Gasteiger partial charge on any atom is -0.457 e. The third-order valence-corrected chi connectivity index (χ3v) is 3.52. The van der Waals surface area contributed by atoms with Crippen molar-refractivity contribution < 1.29 is 17.9 Å². The highest BCUT2D eigenvalue weighted by Gasteiger charge is 2.12. The van der Waals surface area contributed by atoms with Gasteiger partial charge in [0.25, 0.3) is 0 Å². The quantitative estimate of drug-likeness (QED) is 0.699. The lowest BCUT2D eigenvalue weighted by Gasteiger charge is -2.08. The minimum atomic E-state index is -1.25. The van der Waals surface area contributed by atoms with E-state index in [0.29, 0.717) is 18.4 Å². The number of hydrogen-bond acceptors (Lipinski definition) is 1. The van der Waals surface area contributed by atoms with Gasteiger partial charge >= 0.3 is 0 Å². The maximum atomic E-state index is 13.6. The van der Waals surface area contributed by atoms with Gasteiger partial charge in [0.15, 0.2) is 17.4 Å². The van der Waals surface area contributed by atoms with Crippen molar-refractivity contribution in [3.05, 3.63) is 64.7 Å². The zero-order valence-electron chi connectivity index (χ0n) is 12.5. The van der Waals surface area contributed by atoms with Crippen molar-refractivity contribution in [2.45, 2.75) is 32.6 Å². The smallest absolute Gasteiger partial charge is 0.228 e. The van der Waals surface area contributed by atoms with Gasteiger partial charge in [-0.25, -0.2) is 13.2 Å². The first-order valence-electron chi connectivity index (χ1n) is 7.38. The lowest BCUT2D eigenvalue weighted by molar-refractivity contribution is 0.176. The third kappa shape index (κ3) is 4.26. The van der Waals surface area contributed by atoms with Gasteiger partial charge in [-0.1, -0.05) is 37.6 Å². The van der Waals surface area contributed by atoms with E-state index < -0.39 is 24.2 Å². The third-order valence-electron chi connectivity index (χ3n) is 3.52. The fourth-order valence-electron chi connectivity index (χ4n) is 2.40. The number of rotatable bonds is 7. The highest BCUT2D eigenvalue weighted by atomic mass is 19.1. The lowest BCUT2D eigenvalue weighted by atomic mass is 10.0. The first-order chi connectivity index (χ1) is 10.6. The molecule has 0 unspecified atom stereocenters. The van der Waals surface area contributed by atoms with E-state index in [1.165, 1.54) is 17.7 Å². The van der Waals surface area contributed by atoms with Crippen LogP contribution < -0.4 is 4.74 Å². The Balaban J connectivity index is 2.02. The Bertz CT molecular complexity index is 585. The van der Waals surface area contributed by atoms with Crippen molar-refractivity contribution in [1.29, 1.82) is 0 Å². The molecule has 2 aromatic rings. The molecular weight excluding hydrogens is 289 g/mol. The second kappa shape index (κ2) is 7.87. The first kappa shape index (κ1) is 16.4. The van der Waals surface area contributed by atoms with Crippen LogP contribution in [0.5, 0.6) is 5.75 Å². The number of benzene rings is 2. The summed E-state index contributed by atoms with van der Waals surface area (Å²) in [6, 6.07) is 10.6. The predicted molar refractivity (Wildman–Crippen MR) is 80.8 cm³/mol. The van der Waals surface area contributed by atoms with Crippen molar-refractivity contribution in [3.8, 4) is 5.75 Å². The number of aryl methyl sites for hydroxylation is 3. The van der Waals surface area contributed by atoms with E-state index >= 15 is 0 Å². The average Bonchev–Trinajstić information content (AvgIpc) is 2.50. The van der Waals surface area contributed by atoms with Crippen LogP contribution in [0.1, 0.15) is 30.0 Å². The van der Waals surface area contributed by atoms with Crippen LogP contribution in [0.2, 0.25) is 0 Å². The Kier molecular flexibility index (Phi) is 5.87. The summed E-state index contributed by atoms with van der Waals surface area (Å²) in [5.41, 5.74) is 2.93.